The first kappa shape index (κ1) is 11.4. The molecule has 0 bridgehead atoms. The van der Waals surface area contributed by atoms with Crippen LogP contribution in [0, 0.1) is 10.1 Å². The van der Waals surface area contributed by atoms with E-state index in [9.17, 15) is 10.1 Å². The second-order valence-electron chi connectivity index (χ2n) is 3.80. The van der Waals surface area contributed by atoms with Crippen molar-refractivity contribution in [3.63, 3.8) is 0 Å². The molecule has 3 rings (SSSR count). The molecule has 1 aromatic carbocycles. The summed E-state index contributed by atoms with van der Waals surface area (Å²) in [5.41, 5.74) is 1.24. The number of hydrogen-bond acceptors (Lipinski definition) is 5. The molecule has 7 heteroatoms. The highest BCUT2D eigenvalue weighted by atomic mass is 35.5. The molecule has 2 aliphatic rings. The molecule has 0 saturated heterocycles. The number of rotatable bonds is 2. The fourth-order valence-electron chi connectivity index (χ4n) is 1.93. The summed E-state index contributed by atoms with van der Waals surface area (Å²) >= 11 is 7.50. The Bertz CT molecular complexity index is 588. The van der Waals surface area contributed by atoms with Crippen LogP contribution in [0.1, 0.15) is 5.56 Å². The van der Waals surface area contributed by atoms with E-state index in [1.807, 2.05) is 22.7 Å². The minimum absolute atomic E-state index is 0.0620. The normalized spacial score (nSPS) is 20.6. The number of benzene rings is 1. The first-order valence-corrected chi connectivity index (χ1v) is 6.50. The monoisotopic (exact) mass is 281 g/mol. The zero-order valence-electron chi connectivity index (χ0n) is 9.04. The number of hydrogen-bond donors (Lipinski definition) is 1. The second kappa shape index (κ2) is 4.22. The summed E-state index contributed by atoms with van der Waals surface area (Å²) in [6.07, 6.45) is 3.77. The number of para-hydroxylation sites is 1. The number of nitrogens with zero attached hydrogens (tertiary/aromatic N) is 2. The molecule has 0 radical (unpaired) electrons. The van der Waals surface area contributed by atoms with Crippen molar-refractivity contribution < 1.29 is 4.92 Å². The van der Waals surface area contributed by atoms with Gasteiger partial charge in [-0.05, 0) is 17.5 Å². The third kappa shape index (κ3) is 1.74. The summed E-state index contributed by atoms with van der Waals surface area (Å²) < 4.78 is 0. The zero-order chi connectivity index (χ0) is 12.7. The lowest BCUT2D eigenvalue weighted by Crippen LogP contribution is -2.25. The SMILES string of the molecule is O=[N+]([O-])c1c(Cl)cccc1C1=CN2C=CS[C@H]2N1. The van der Waals surface area contributed by atoms with Gasteiger partial charge in [0.05, 0.1) is 16.2 Å². The highest BCUT2D eigenvalue weighted by Crippen LogP contribution is 2.37. The van der Waals surface area contributed by atoms with E-state index in [1.54, 1.807) is 23.9 Å². The summed E-state index contributed by atoms with van der Waals surface area (Å²) in [5, 5.41) is 16.4. The summed E-state index contributed by atoms with van der Waals surface area (Å²) in [5.74, 6) is 0. The van der Waals surface area contributed by atoms with Gasteiger partial charge in [0, 0.05) is 12.4 Å². The Morgan fingerprint density at radius 2 is 2.33 bits per heavy atom. The lowest BCUT2D eigenvalue weighted by molar-refractivity contribution is -0.385. The van der Waals surface area contributed by atoms with Gasteiger partial charge in [-0.15, -0.1) is 0 Å². The van der Waals surface area contributed by atoms with E-state index in [1.165, 1.54) is 6.07 Å². The van der Waals surface area contributed by atoms with Crippen LogP contribution in [0.3, 0.4) is 0 Å². The Morgan fingerprint density at radius 3 is 3.06 bits per heavy atom. The highest BCUT2D eigenvalue weighted by molar-refractivity contribution is 8.02. The fourth-order valence-corrected chi connectivity index (χ4v) is 3.00. The van der Waals surface area contributed by atoms with E-state index in [0.29, 0.717) is 11.3 Å². The van der Waals surface area contributed by atoms with Gasteiger partial charge >= 0.3 is 0 Å². The Kier molecular flexibility index (Phi) is 2.68. The van der Waals surface area contributed by atoms with Crippen LogP contribution in [0.15, 0.2) is 36.0 Å². The number of nitro benzene ring substituents is 1. The Hall–Kier alpha value is -1.66. The lowest BCUT2D eigenvalue weighted by Gasteiger charge is -2.13. The predicted octanol–water partition coefficient (Wildman–Crippen LogP) is 2.95. The van der Waals surface area contributed by atoms with Crippen molar-refractivity contribution in [3.05, 3.63) is 56.7 Å². The maximum Gasteiger partial charge on any atom is 0.297 e. The van der Waals surface area contributed by atoms with E-state index < -0.39 is 4.92 Å². The molecule has 18 heavy (non-hydrogen) atoms. The quantitative estimate of drug-likeness (QED) is 0.667. The summed E-state index contributed by atoms with van der Waals surface area (Å²) in [6, 6.07) is 4.92. The Labute approximate surface area is 112 Å². The molecule has 5 nitrogen and oxygen atoms in total. The van der Waals surface area contributed by atoms with Gasteiger partial charge in [-0.25, -0.2) is 0 Å². The van der Waals surface area contributed by atoms with Gasteiger partial charge in [0.2, 0.25) is 0 Å². The number of nitrogens with one attached hydrogen (secondary N) is 1. The third-order valence-corrected chi connectivity index (χ3v) is 3.93. The van der Waals surface area contributed by atoms with Crippen LogP contribution in [0.2, 0.25) is 5.02 Å². The van der Waals surface area contributed by atoms with Gasteiger partial charge in [-0.3, -0.25) is 10.1 Å². The summed E-state index contributed by atoms with van der Waals surface area (Å²) in [7, 11) is 0. The van der Waals surface area contributed by atoms with Gasteiger partial charge in [0.1, 0.15) is 5.02 Å². The molecule has 0 spiro atoms. The molecule has 1 N–H and O–H groups in total. The van der Waals surface area contributed by atoms with Gasteiger partial charge in [0.15, 0.2) is 5.50 Å². The van der Waals surface area contributed by atoms with Gasteiger partial charge in [-0.1, -0.05) is 29.4 Å². The number of fused-ring (bicyclic) bond motifs is 1. The van der Waals surface area contributed by atoms with Crippen LogP contribution >= 0.6 is 23.4 Å². The lowest BCUT2D eigenvalue weighted by atomic mass is 10.1. The van der Waals surface area contributed by atoms with Crippen molar-refractivity contribution in [2.45, 2.75) is 5.50 Å². The molecule has 0 fully saturated rings. The number of thioether (sulfide) groups is 1. The average molecular weight is 282 g/mol. The van der Waals surface area contributed by atoms with Crippen LogP contribution in [0.5, 0.6) is 0 Å². The first-order valence-electron chi connectivity index (χ1n) is 5.18. The van der Waals surface area contributed by atoms with Gasteiger partial charge in [-0.2, -0.15) is 0 Å². The second-order valence-corrected chi connectivity index (χ2v) is 5.20. The number of halogens is 1. The van der Waals surface area contributed by atoms with Crippen molar-refractivity contribution in [3.8, 4) is 0 Å². The van der Waals surface area contributed by atoms with Crippen molar-refractivity contribution in [2.75, 3.05) is 0 Å². The van der Waals surface area contributed by atoms with E-state index in [4.69, 9.17) is 11.6 Å². The van der Waals surface area contributed by atoms with E-state index in [-0.39, 0.29) is 16.2 Å². The standard InChI is InChI=1S/C11H8ClN3O2S/c12-8-3-1-2-7(10(8)15(16)17)9-6-14-4-5-18-11(14)13-9/h1-6,11,13H/t11-/m0/s1. The number of nitro groups is 1. The molecule has 1 aromatic rings. The Balaban J connectivity index is 2.06. The van der Waals surface area contributed by atoms with E-state index in [2.05, 4.69) is 5.32 Å². The minimum atomic E-state index is -0.452. The Morgan fingerprint density at radius 1 is 1.50 bits per heavy atom. The molecule has 1 atom stereocenters. The zero-order valence-corrected chi connectivity index (χ0v) is 10.6. The van der Waals surface area contributed by atoms with Crippen molar-refractivity contribution in [1.82, 2.24) is 10.2 Å². The summed E-state index contributed by atoms with van der Waals surface area (Å²) in [6.45, 7) is 0. The van der Waals surface area contributed by atoms with Crippen LogP contribution in [-0.2, 0) is 0 Å². The molecule has 0 aromatic heterocycles. The molecule has 2 heterocycles. The molecule has 0 saturated carbocycles. The molecule has 2 aliphatic heterocycles. The van der Waals surface area contributed by atoms with E-state index in [0.717, 1.165) is 0 Å². The van der Waals surface area contributed by atoms with Crippen LogP contribution in [-0.4, -0.2) is 15.3 Å². The fraction of sp³-hybridized carbons (Fsp3) is 0.0909. The molecular weight excluding hydrogens is 274 g/mol. The average Bonchev–Trinajstić information content (AvgIpc) is 2.87. The molecule has 92 valence electrons. The van der Waals surface area contributed by atoms with Gasteiger partial charge < -0.3 is 10.2 Å². The molecule has 0 aliphatic carbocycles. The maximum absolute atomic E-state index is 11.1. The van der Waals surface area contributed by atoms with Crippen molar-refractivity contribution in [1.29, 1.82) is 0 Å². The third-order valence-electron chi connectivity index (χ3n) is 2.73. The molecule has 0 amide bonds. The van der Waals surface area contributed by atoms with Crippen molar-refractivity contribution in [2.24, 2.45) is 0 Å². The predicted molar refractivity (Wildman–Crippen MR) is 71.6 cm³/mol. The first-order chi connectivity index (χ1) is 8.66. The molecular formula is C11H8ClN3O2S. The maximum atomic E-state index is 11.1. The minimum Gasteiger partial charge on any atom is -0.354 e. The van der Waals surface area contributed by atoms with Crippen LogP contribution < -0.4 is 5.32 Å². The largest absolute Gasteiger partial charge is 0.354 e. The molecule has 0 unspecified atom stereocenters. The van der Waals surface area contributed by atoms with Crippen LogP contribution in [0.4, 0.5) is 5.69 Å². The smallest absolute Gasteiger partial charge is 0.297 e. The van der Waals surface area contributed by atoms with Gasteiger partial charge in [0.25, 0.3) is 5.69 Å². The summed E-state index contributed by atoms with van der Waals surface area (Å²) in [4.78, 5) is 12.6. The highest BCUT2D eigenvalue weighted by Gasteiger charge is 2.30. The van der Waals surface area contributed by atoms with E-state index >= 15 is 0 Å². The van der Waals surface area contributed by atoms with Crippen LogP contribution in [0.25, 0.3) is 5.70 Å². The topological polar surface area (TPSA) is 58.4 Å². The van der Waals surface area contributed by atoms with Crippen molar-refractivity contribution >= 4 is 34.7 Å².